The van der Waals surface area contributed by atoms with E-state index in [9.17, 15) is 14.1 Å². The number of ether oxygens (including phenoxy) is 1. The van der Waals surface area contributed by atoms with Crippen molar-refractivity contribution in [1.29, 1.82) is 0 Å². The first-order valence-corrected chi connectivity index (χ1v) is 4.80. The lowest BCUT2D eigenvalue weighted by molar-refractivity contribution is 0.110. The van der Waals surface area contributed by atoms with Crippen LogP contribution in [0.1, 0.15) is 18.4 Å². The van der Waals surface area contributed by atoms with E-state index in [0.29, 0.717) is 13.0 Å². The molecule has 1 aromatic heterocycles. The maximum Gasteiger partial charge on any atom is 0.357 e. The third-order valence-corrected chi connectivity index (χ3v) is 2.47. The molecule has 82 valence electrons. The summed E-state index contributed by atoms with van der Waals surface area (Å²) in [4.78, 5) is 23.8. The predicted octanol–water partition coefficient (Wildman–Crippen LogP) is -0.00930. The largest absolute Gasteiger partial charge is 0.378 e. The summed E-state index contributed by atoms with van der Waals surface area (Å²) in [5.74, 6) is 0. The molecule has 2 rings (SSSR count). The Balaban J connectivity index is 2.25. The van der Waals surface area contributed by atoms with Crippen LogP contribution < -0.4 is 11.2 Å². The molecular weight excluding hydrogens is 203 g/mol. The van der Waals surface area contributed by atoms with E-state index in [1.165, 1.54) is 6.20 Å². The highest BCUT2D eigenvalue weighted by Crippen LogP contribution is 2.14. The van der Waals surface area contributed by atoms with Crippen LogP contribution in [-0.4, -0.2) is 22.5 Å². The van der Waals surface area contributed by atoms with E-state index in [0.717, 1.165) is 12.8 Å². The van der Waals surface area contributed by atoms with Crippen molar-refractivity contribution >= 4 is 0 Å². The van der Waals surface area contributed by atoms with Crippen molar-refractivity contribution in [3.8, 4) is 0 Å². The van der Waals surface area contributed by atoms with Gasteiger partial charge in [0.15, 0.2) is 0 Å². The predicted molar refractivity (Wildman–Crippen MR) is 50.5 cm³/mol. The highest BCUT2D eigenvalue weighted by atomic mass is 19.2. The van der Waals surface area contributed by atoms with Crippen LogP contribution in [-0.2, 0) is 11.2 Å². The molecule has 2 heterocycles. The van der Waals surface area contributed by atoms with Crippen LogP contribution in [0.5, 0.6) is 0 Å². The van der Waals surface area contributed by atoms with Crippen LogP contribution in [0.25, 0.3) is 0 Å². The van der Waals surface area contributed by atoms with E-state index >= 15 is 0 Å². The van der Waals surface area contributed by atoms with Crippen molar-refractivity contribution in [3.63, 3.8) is 0 Å². The van der Waals surface area contributed by atoms with Gasteiger partial charge >= 0.3 is 5.69 Å². The fourth-order valence-corrected chi connectivity index (χ4v) is 1.68. The van der Waals surface area contributed by atoms with Gasteiger partial charge in [-0.05, 0) is 12.8 Å². The third-order valence-electron chi connectivity index (χ3n) is 2.47. The standard InChI is InChI=1S/C9H11FN2O3/c10-12-8(13)6(5-11-9(12)14)4-7-2-1-3-15-7/h5,7H,1-4H2,(H,11,14). The fourth-order valence-electron chi connectivity index (χ4n) is 1.68. The summed E-state index contributed by atoms with van der Waals surface area (Å²) >= 11 is 0. The Kier molecular flexibility index (Phi) is 2.68. The average molecular weight is 214 g/mol. The number of H-pyrrole nitrogens is 1. The van der Waals surface area contributed by atoms with E-state index < -0.39 is 16.0 Å². The quantitative estimate of drug-likeness (QED) is 0.753. The molecule has 1 atom stereocenters. The lowest BCUT2D eigenvalue weighted by atomic mass is 10.1. The van der Waals surface area contributed by atoms with E-state index in [2.05, 4.69) is 4.98 Å². The molecule has 1 aliphatic rings. The number of aromatic amines is 1. The summed E-state index contributed by atoms with van der Waals surface area (Å²) in [6.07, 6.45) is 3.38. The molecular formula is C9H11FN2O3. The number of nitrogens with zero attached hydrogens (tertiary/aromatic N) is 1. The summed E-state index contributed by atoms with van der Waals surface area (Å²) in [6, 6.07) is 0. The number of hydrogen-bond acceptors (Lipinski definition) is 3. The van der Waals surface area contributed by atoms with Crippen LogP contribution in [0, 0.1) is 0 Å². The summed E-state index contributed by atoms with van der Waals surface area (Å²) in [5, 5.41) is 0. The molecule has 1 N–H and O–H groups in total. The van der Waals surface area contributed by atoms with Gasteiger partial charge in [0.1, 0.15) is 0 Å². The van der Waals surface area contributed by atoms with E-state index in [-0.39, 0.29) is 11.7 Å². The number of aromatic nitrogens is 2. The normalized spacial score (nSPS) is 20.7. The number of hydrogen-bond donors (Lipinski definition) is 1. The summed E-state index contributed by atoms with van der Waals surface area (Å²) in [7, 11) is 0. The Morgan fingerprint density at radius 2 is 2.40 bits per heavy atom. The van der Waals surface area contributed by atoms with Gasteiger partial charge in [0.05, 0.1) is 6.10 Å². The Bertz CT molecular complexity index is 459. The highest BCUT2D eigenvalue weighted by Gasteiger charge is 2.18. The Hall–Kier alpha value is -1.43. The number of halogens is 1. The van der Waals surface area contributed by atoms with Crippen LogP contribution >= 0.6 is 0 Å². The monoisotopic (exact) mass is 214 g/mol. The van der Waals surface area contributed by atoms with Crippen molar-refractivity contribution < 1.29 is 9.22 Å². The molecule has 0 spiro atoms. The third kappa shape index (κ3) is 1.99. The molecule has 1 aliphatic heterocycles. The molecule has 0 aromatic carbocycles. The molecule has 0 bridgehead atoms. The molecule has 1 aromatic rings. The summed E-state index contributed by atoms with van der Waals surface area (Å²) < 4.78 is 18.2. The van der Waals surface area contributed by atoms with E-state index in [1.807, 2.05) is 0 Å². The minimum Gasteiger partial charge on any atom is -0.378 e. The van der Waals surface area contributed by atoms with Crippen molar-refractivity contribution in [2.24, 2.45) is 0 Å². The van der Waals surface area contributed by atoms with E-state index in [4.69, 9.17) is 4.74 Å². The van der Waals surface area contributed by atoms with Gasteiger partial charge in [-0.2, -0.15) is 0 Å². The molecule has 1 fully saturated rings. The maximum absolute atomic E-state index is 12.9. The Morgan fingerprint density at radius 1 is 1.60 bits per heavy atom. The zero-order valence-corrected chi connectivity index (χ0v) is 8.03. The molecule has 15 heavy (non-hydrogen) atoms. The highest BCUT2D eigenvalue weighted by molar-refractivity contribution is 5.05. The number of nitrogens with one attached hydrogen (secondary N) is 1. The van der Waals surface area contributed by atoms with Crippen LogP contribution in [0.2, 0.25) is 0 Å². The maximum atomic E-state index is 12.9. The second-order valence-corrected chi connectivity index (χ2v) is 3.54. The van der Waals surface area contributed by atoms with Crippen LogP contribution in [0.3, 0.4) is 0 Å². The molecule has 1 saturated heterocycles. The smallest absolute Gasteiger partial charge is 0.357 e. The van der Waals surface area contributed by atoms with E-state index in [1.54, 1.807) is 0 Å². The topological polar surface area (TPSA) is 64.1 Å². The SMILES string of the molecule is O=c1[nH]cc(CC2CCCO2)c(=O)n1F. The molecule has 5 nitrogen and oxygen atoms in total. The first-order chi connectivity index (χ1) is 7.18. The fraction of sp³-hybridized carbons (Fsp3) is 0.556. The van der Waals surface area contributed by atoms with Crippen molar-refractivity contribution in [3.05, 3.63) is 32.6 Å². The minimum atomic E-state index is -1.05. The van der Waals surface area contributed by atoms with Crippen molar-refractivity contribution in [2.45, 2.75) is 25.4 Å². The van der Waals surface area contributed by atoms with Gasteiger partial charge in [0.25, 0.3) is 5.56 Å². The van der Waals surface area contributed by atoms with Crippen molar-refractivity contribution in [1.82, 2.24) is 9.77 Å². The van der Waals surface area contributed by atoms with Crippen molar-refractivity contribution in [2.75, 3.05) is 6.61 Å². The number of rotatable bonds is 2. The van der Waals surface area contributed by atoms with Crippen LogP contribution in [0.15, 0.2) is 15.8 Å². The Labute approximate surface area is 84.4 Å². The van der Waals surface area contributed by atoms with Gasteiger partial charge in [-0.3, -0.25) is 4.79 Å². The van der Waals surface area contributed by atoms with Gasteiger partial charge in [0.2, 0.25) is 0 Å². The minimum absolute atomic E-state index is 0.0383. The summed E-state index contributed by atoms with van der Waals surface area (Å²) in [6.45, 7) is 0.678. The first kappa shape index (κ1) is 10.1. The second-order valence-electron chi connectivity index (χ2n) is 3.54. The van der Waals surface area contributed by atoms with Gasteiger partial charge in [-0.25, -0.2) is 4.79 Å². The van der Waals surface area contributed by atoms with Gasteiger partial charge in [-0.1, -0.05) is 9.27 Å². The van der Waals surface area contributed by atoms with Gasteiger partial charge < -0.3 is 9.72 Å². The molecule has 0 aliphatic carbocycles. The molecule has 1 unspecified atom stereocenters. The lowest BCUT2D eigenvalue weighted by Crippen LogP contribution is -2.33. The molecule has 0 saturated carbocycles. The lowest BCUT2D eigenvalue weighted by Gasteiger charge is -2.07. The van der Waals surface area contributed by atoms with Gasteiger partial charge in [-0.15, -0.1) is 0 Å². The molecule has 0 radical (unpaired) electrons. The molecule has 0 amide bonds. The summed E-state index contributed by atoms with van der Waals surface area (Å²) in [5.41, 5.74) is -1.70. The Morgan fingerprint density at radius 3 is 3.07 bits per heavy atom. The average Bonchev–Trinajstić information content (AvgIpc) is 2.72. The zero-order valence-electron chi connectivity index (χ0n) is 8.03. The van der Waals surface area contributed by atoms with Crippen LogP contribution in [0.4, 0.5) is 4.48 Å². The molecule has 6 heteroatoms. The van der Waals surface area contributed by atoms with Gasteiger partial charge in [0, 0.05) is 24.8 Å². The first-order valence-electron chi connectivity index (χ1n) is 4.80. The second kappa shape index (κ2) is 3.98. The zero-order chi connectivity index (χ0) is 10.8.